The molecule has 21 heavy (non-hydrogen) atoms. The smallest absolute Gasteiger partial charge is 0.308 e. The Morgan fingerprint density at radius 1 is 1.38 bits per heavy atom. The number of carbonyl (C=O) groups is 1. The van der Waals surface area contributed by atoms with Crippen molar-refractivity contribution in [3.05, 3.63) is 35.5 Å². The van der Waals surface area contributed by atoms with Gasteiger partial charge in [-0.1, -0.05) is 18.2 Å². The van der Waals surface area contributed by atoms with Crippen molar-refractivity contribution < 1.29 is 9.90 Å². The number of para-hydroxylation sites is 1. The van der Waals surface area contributed by atoms with Gasteiger partial charge in [-0.25, -0.2) is 0 Å². The van der Waals surface area contributed by atoms with Crippen LogP contribution in [0.4, 0.5) is 0 Å². The van der Waals surface area contributed by atoms with E-state index in [0.717, 1.165) is 43.6 Å². The number of benzene rings is 1. The number of nitrogens with one attached hydrogen (secondary N) is 1. The first kappa shape index (κ1) is 12.9. The minimum absolute atomic E-state index is 0.335. The Labute approximate surface area is 123 Å². The van der Waals surface area contributed by atoms with Crippen molar-refractivity contribution in [2.24, 2.45) is 5.92 Å². The number of aliphatic carboxylic acids is 1. The second-order valence-electron chi connectivity index (χ2n) is 6.44. The Morgan fingerprint density at radius 2 is 2.19 bits per heavy atom. The number of piperidine rings is 1. The van der Waals surface area contributed by atoms with Gasteiger partial charge >= 0.3 is 5.97 Å². The molecule has 1 aromatic heterocycles. The van der Waals surface area contributed by atoms with Crippen molar-refractivity contribution in [2.75, 3.05) is 13.1 Å². The van der Waals surface area contributed by atoms with Crippen molar-refractivity contribution in [3.63, 3.8) is 0 Å². The van der Waals surface area contributed by atoms with Gasteiger partial charge in [-0.05, 0) is 44.4 Å². The SMILES string of the molecule is C[C@]12c3[nH]c4ccccc4c3CCN1CCC[C@H]2C(=O)O. The first-order chi connectivity index (χ1) is 10.1. The summed E-state index contributed by atoms with van der Waals surface area (Å²) in [6, 6.07) is 8.31. The average Bonchev–Trinajstić information content (AvgIpc) is 2.86. The van der Waals surface area contributed by atoms with E-state index in [-0.39, 0.29) is 5.92 Å². The van der Waals surface area contributed by atoms with Crippen LogP contribution in [0, 0.1) is 5.92 Å². The highest BCUT2D eigenvalue weighted by molar-refractivity contribution is 5.86. The van der Waals surface area contributed by atoms with Crippen LogP contribution in [0.15, 0.2) is 24.3 Å². The number of rotatable bonds is 1. The van der Waals surface area contributed by atoms with Gasteiger partial charge in [0.25, 0.3) is 0 Å². The van der Waals surface area contributed by atoms with Gasteiger partial charge in [-0.15, -0.1) is 0 Å². The number of carboxylic acid groups (broad SMARTS) is 1. The molecular formula is C17H20N2O2. The number of aromatic amines is 1. The molecule has 4 rings (SSSR count). The summed E-state index contributed by atoms with van der Waals surface area (Å²) in [6.45, 7) is 4.06. The summed E-state index contributed by atoms with van der Waals surface area (Å²) >= 11 is 0. The van der Waals surface area contributed by atoms with Gasteiger partial charge in [0.2, 0.25) is 0 Å². The molecule has 2 aromatic rings. The van der Waals surface area contributed by atoms with Crippen LogP contribution in [0.25, 0.3) is 10.9 Å². The van der Waals surface area contributed by atoms with Crippen LogP contribution in [0.1, 0.15) is 31.0 Å². The normalized spacial score (nSPS) is 29.1. The second-order valence-corrected chi connectivity index (χ2v) is 6.44. The molecule has 0 bridgehead atoms. The average molecular weight is 284 g/mol. The largest absolute Gasteiger partial charge is 0.481 e. The van der Waals surface area contributed by atoms with Crippen molar-refractivity contribution in [2.45, 2.75) is 31.7 Å². The summed E-state index contributed by atoms with van der Waals surface area (Å²) in [4.78, 5) is 17.7. The van der Waals surface area contributed by atoms with E-state index in [1.54, 1.807) is 0 Å². The third-order valence-electron chi connectivity index (χ3n) is 5.51. The topological polar surface area (TPSA) is 56.3 Å². The zero-order valence-electron chi connectivity index (χ0n) is 12.2. The maximum Gasteiger partial charge on any atom is 0.308 e. The van der Waals surface area contributed by atoms with Crippen LogP contribution in [0.5, 0.6) is 0 Å². The maximum atomic E-state index is 11.8. The lowest BCUT2D eigenvalue weighted by molar-refractivity contribution is -0.152. The summed E-state index contributed by atoms with van der Waals surface area (Å²) in [6.07, 6.45) is 2.74. The molecule has 4 heteroatoms. The molecular weight excluding hydrogens is 264 g/mol. The predicted molar refractivity (Wildman–Crippen MR) is 81.3 cm³/mol. The van der Waals surface area contributed by atoms with Gasteiger partial charge in [0.1, 0.15) is 0 Å². The minimum atomic E-state index is -0.672. The Morgan fingerprint density at radius 3 is 3.00 bits per heavy atom. The van der Waals surface area contributed by atoms with E-state index in [0.29, 0.717) is 0 Å². The van der Waals surface area contributed by atoms with Gasteiger partial charge in [-0.2, -0.15) is 0 Å². The summed E-state index contributed by atoms with van der Waals surface area (Å²) in [5.41, 5.74) is 3.16. The number of hydrogen-bond acceptors (Lipinski definition) is 2. The van der Waals surface area contributed by atoms with Crippen molar-refractivity contribution in [1.29, 1.82) is 0 Å². The maximum absolute atomic E-state index is 11.8. The first-order valence-electron chi connectivity index (χ1n) is 7.70. The van der Waals surface area contributed by atoms with Gasteiger partial charge in [0.05, 0.1) is 11.5 Å². The highest BCUT2D eigenvalue weighted by Gasteiger charge is 2.51. The molecule has 2 atom stereocenters. The fourth-order valence-corrected chi connectivity index (χ4v) is 4.40. The highest BCUT2D eigenvalue weighted by Crippen LogP contribution is 2.47. The summed E-state index contributed by atoms with van der Waals surface area (Å²) < 4.78 is 0. The highest BCUT2D eigenvalue weighted by atomic mass is 16.4. The first-order valence-corrected chi connectivity index (χ1v) is 7.70. The van der Waals surface area contributed by atoms with Crippen LogP contribution in [0.2, 0.25) is 0 Å². The van der Waals surface area contributed by atoms with Crippen molar-refractivity contribution in [1.82, 2.24) is 9.88 Å². The molecule has 0 saturated carbocycles. The summed E-state index contributed by atoms with van der Waals surface area (Å²) in [5.74, 6) is -1.01. The van der Waals surface area contributed by atoms with E-state index in [1.165, 1.54) is 10.9 Å². The predicted octanol–water partition coefficient (Wildman–Crippen LogP) is 2.74. The molecule has 1 aromatic carbocycles. The van der Waals surface area contributed by atoms with Crippen LogP contribution >= 0.6 is 0 Å². The third-order valence-corrected chi connectivity index (χ3v) is 5.51. The van der Waals surface area contributed by atoms with Crippen molar-refractivity contribution >= 4 is 16.9 Å². The number of nitrogens with zero attached hydrogens (tertiary/aromatic N) is 1. The number of fused-ring (bicyclic) bond motifs is 5. The fourth-order valence-electron chi connectivity index (χ4n) is 4.40. The molecule has 1 fully saturated rings. The molecule has 3 heterocycles. The van der Waals surface area contributed by atoms with Crippen LogP contribution in [0.3, 0.4) is 0 Å². The minimum Gasteiger partial charge on any atom is -0.481 e. The lowest BCUT2D eigenvalue weighted by Crippen LogP contribution is -2.58. The quantitative estimate of drug-likeness (QED) is 0.846. The Kier molecular flexibility index (Phi) is 2.67. The van der Waals surface area contributed by atoms with E-state index in [2.05, 4.69) is 35.0 Å². The Bertz CT molecular complexity index is 721. The number of carboxylic acids is 1. The lowest BCUT2D eigenvalue weighted by atomic mass is 9.72. The number of H-pyrrole nitrogens is 1. The number of aromatic nitrogens is 1. The summed E-state index contributed by atoms with van der Waals surface area (Å²) in [5, 5.41) is 11.0. The molecule has 2 aliphatic rings. The lowest BCUT2D eigenvalue weighted by Gasteiger charge is -2.51. The van der Waals surface area contributed by atoms with Crippen LogP contribution in [-0.4, -0.2) is 34.0 Å². The van der Waals surface area contributed by atoms with Gasteiger partial charge < -0.3 is 10.1 Å². The van der Waals surface area contributed by atoms with Gasteiger partial charge in [-0.3, -0.25) is 9.69 Å². The van der Waals surface area contributed by atoms with E-state index in [9.17, 15) is 9.90 Å². The molecule has 0 aliphatic carbocycles. The second kappa shape index (κ2) is 4.34. The number of hydrogen-bond donors (Lipinski definition) is 2. The Balaban J connectivity index is 1.96. The molecule has 0 amide bonds. The van der Waals surface area contributed by atoms with E-state index in [4.69, 9.17) is 0 Å². The van der Waals surface area contributed by atoms with Crippen molar-refractivity contribution in [3.8, 4) is 0 Å². The molecule has 0 unspecified atom stereocenters. The standard InChI is InChI=1S/C17H20N2O2/c1-17-13(16(20)21)6-4-9-19(17)10-8-12-11-5-2-3-7-14(11)18-15(12)17/h2-3,5,7,13,18H,4,6,8-10H2,1H3,(H,20,21)/t13-,17-/m0/s1. The molecule has 4 nitrogen and oxygen atoms in total. The molecule has 2 aliphatic heterocycles. The van der Waals surface area contributed by atoms with Crippen LogP contribution in [-0.2, 0) is 16.8 Å². The fraction of sp³-hybridized carbons (Fsp3) is 0.471. The molecule has 0 spiro atoms. The Hall–Kier alpha value is -1.81. The van der Waals surface area contributed by atoms with Gasteiger partial charge in [0, 0.05) is 23.1 Å². The molecule has 2 N–H and O–H groups in total. The van der Waals surface area contributed by atoms with E-state index < -0.39 is 11.5 Å². The van der Waals surface area contributed by atoms with E-state index in [1.807, 2.05) is 6.07 Å². The molecule has 1 saturated heterocycles. The third kappa shape index (κ3) is 1.62. The monoisotopic (exact) mass is 284 g/mol. The zero-order chi connectivity index (χ0) is 14.6. The molecule has 110 valence electrons. The van der Waals surface area contributed by atoms with E-state index >= 15 is 0 Å². The summed E-state index contributed by atoms with van der Waals surface area (Å²) in [7, 11) is 0. The van der Waals surface area contributed by atoms with Gasteiger partial charge in [0.15, 0.2) is 0 Å². The molecule has 0 radical (unpaired) electrons. The zero-order valence-corrected chi connectivity index (χ0v) is 12.2. The van der Waals surface area contributed by atoms with Crippen LogP contribution < -0.4 is 0 Å².